The van der Waals surface area contributed by atoms with Crippen molar-refractivity contribution >= 4 is 34.4 Å². The van der Waals surface area contributed by atoms with Gasteiger partial charge in [-0.15, -0.1) is 0 Å². The maximum Gasteiger partial charge on any atom is 0.325 e. The summed E-state index contributed by atoms with van der Waals surface area (Å²) in [6, 6.07) is 4.47. The molecule has 2 heterocycles. The summed E-state index contributed by atoms with van der Waals surface area (Å²) >= 11 is 0. The molecule has 0 bridgehead atoms. The fourth-order valence-electron chi connectivity index (χ4n) is 4.30. The molecule has 0 saturated carbocycles. The Morgan fingerprint density at radius 2 is 1.86 bits per heavy atom. The second-order valence-corrected chi connectivity index (χ2v) is 8.09. The number of rotatable bonds is 7. The third kappa shape index (κ3) is 4.95. The summed E-state index contributed by atoms with van der Waals surface area (Å²) in [5.74, 6) is -1.47. The van der Waals surface area contributed by atoms with Crippen LogP contribution in [0.25, 0.3) is 10.9 Å². The quantitative estimate of drug-likeness (QED) is 0.565. The number of carboxylic acid groups (broad SMARTS) is 2. The van der Waals surface area contributed by atoms with E-state index in [9.17, 15) is 19.5 Å². The van der Waals surface area contributed by atoms with Crippen molar-refractivity contribution in [1.82, 2.24) is 9.88 Å². The fourth-order valence-corrected chi connectivity index (χ4v) is 4.30. The Labute approximate surface area is 168 Å². The zero-order valence-electron chi connectivity index (χ0n) is 16.6. The number of hydrogen-bond donors (Lipinski definition) is 4. The van der Waals surface area contributed by atoms with Gasteiger partial charge in [0.2, 0.25) is 5.91 Å². The molecule has 3 rings (SSSR count). The molecule has 1 amide bonds. The smallest absolute Gasteiger partial charge is 0.325 e. The van der Waals surface area contributed by atoms with Crippen LogP contribution in [0.5, 0.6) is 0 Å². The lowest BCUT2D eigenvalue weighted by molar-refractivity contribution is -0.144. The maximum absolute atomic E-state index is 12.2. The highest BCUT2D eigenvalue weighted by molar-refractivity contribution is 5.96. The summed E-state index contributed by atoms with van der Waals surface area (Å²) in [7, 11) is 0. The first-order valence-corrected chi connectivity index (χ1v) is 9.84. The van der Waals surface area contributed by atoms with Gasteiger partial charge in [-0.2, -0.15) is 0 Å². The molecule has 1 saturated heterocycles. The number of nitrogens with one attached hydrogen (secondary N) is 2. The second kappa shape index (κ2) is 8.65. The number of anilines is 1. The van der Waals surface area contributed by atoms with E-state index < -0.39 is 23.9 Å². The van der Waals surface area contributed by atoms with Crippen molar-refractivity contribution in [2.45, 2.75) is 39.2 Å². The molecule has 29 heavy (non-hydrogen) atoms. The number of benzene rings is 1. The monoisotopic (exact) mass is 401 g/mol. The van der Waals surface area contributed by atoms with E-state index in [-0.39, 0.29) is 12.8 Å². The molecule has 0 aliphatic carbocycles. The van der Waals surface area contributed by atoms with Crippen molar-refractivity contribution in [3.05, 3.63) is 30.0 Å². The lowest BCUT2D eigenvalue weighted by atomic mass is 9.89. The van der Waals surface area contributed by atoms with Gasteiger partial charge in [0.15, 0.2) is 0 Å². The van der Waals surface area contributed by atoms with Gasteiger partial charge < -0.3 is 20.5 Å². The molecule has 0 spiro atoms. The molecule has 1 aliphatic rings. The van der Waals surface area contributed by atoms with Gasteiger partial charge >= 0.3 is 11.9 Å². The van der Waals surface area contributed by atoms with Crippen LogP contribution in [0.2, 0.25) is 0 Å². The Hall–Kier alpha value is -2.87. The van der Waals surface area contributed by atoms with Crippen LogP contribution in [-0.4, -0.2) is 51.0 Å². The molecule has 3 atom stereocenters. The molecule has 8 heteroatoms. The molecule has 1 aliphatic heterocycles. The first-order valence-electron chi connectivity index (χ1n) is 9.84. The molecule has 4 N–H and O–H groups in total. The number of fused-ring (bicyclic) bond motifs is 1. The number of H-pyrrole nitrogens is 1. The molecular weight excluding hydrogens is 374 g/mol. The molecule has 3 unspecified atom stereocenters. The van der Waals surface area contributed by atoms with Crippen LogP contribution in [0, 0.1) is 11.8 Å². The second-order valence-electron chi connectivity index (χ2n) is 8.09. The van der Waals surface area contributed by atoms with Crippen LogP contribution < -0.4 is 5.32 Å². The Bertz CT molecular complexity index is 912. The number of carbonyl (C=O) groups excluding carboxylic acids is 1. The zero-order valence-corrected chi connectivity index (χ0v) is 16.6. The topological polar surface area (TPSA) is 123 Å². The van der Waals surface area contributed by atoms with E-state index in [4.69, 9.17) is 5.11 Å². The van der Waals surface area contributed by atoms with Crippen LogP contribution in [0.15, 0.2) is 24.4 Å². The first kappa shape index (κ1) is 20.9. The van der Waals surface area contributed by atoms with Gasteiger partial charge in [-0.3, -0.25) is 19.3 Å². The standard InChI is InChI=1S/C21H27N3O5/c1-12-7-13(2)11-24(10-12)20(21(28)29)16-9-22-17-4-3-14(8-15(16)17)23-18(25)5-6-19(26)27/h3-4,8-9,12-13,20,22H,5-7,10-11H2,1-2H3,(H,23,25)(H,26,27)(H,28,29). The fraction of sp³-hybridized carbons (Fsp3) is 0.476. The molecular formula is C21H27N3O5. The lowest BCUT2D eigenvalue weighted by Crippen LogP contribution is -2.43. The summed E-state index contributed by atoms with van der Waals surface area (Å²) in [4.78, 5) is 39.9. The number of carboxylic acids is 2. The predicted molar refractivity (Wildman–Crippen MR) is 109 cm³/mol. The van der Waals surface area contributed by atoms with E-state index in [0.717, 1.165) is 30.4 Å². The van der Waals surface area contributed by atoms with Gasteiger partial charge in [0.1, 0.15) is 6.04 Å². The summed E-state index contributed by atoms with van der Waals surface area (Å²) < 4.78 is 0. The van der Waals surface area contributed by atoms with E-state index in [2.05, 4.69) is 24.1 Å². The van der Waals surface area contributed by atoms with E-state index in [1.807, 2.05) is 4.90 Å². The van der Waals surface area contributed by atoms with Gasteiger partial charge in [-0.25, -0.2) is 0 Å². The predicted octanol–water partition coefficient (Wildman–Crippen LogP) is 3.07. The lowest BCUT2D eigenvalue weighted by Gasteiger charge is -2.38. The molecule has 0 radical (unpaired) electrons. The minimum absolute atomic E-state index is 0.116. The molecule has 1 aromatic heterocycles. The third-order valence-electron chi connectivity index (χ3n) is 5.35. The van der Waals surface area contributed by atoms with Crippen molar-refractivity contribution < 1.29 is 24.6 Å². The largest absolute Gasteiger partial charge is 0.481 e. The summed E-state index contributed by atoms with van der Waals surface area (Å²) in [6.07, 6.45) is 2.46. The zero-order chi connectivity index (χ0) is 21.1. The number of aromatic amines is 1. The minimum Gasteiger partial charge on any atom is -0.481 e. The molecule has 1 aromatic carbocycles. The van der Waals surface area contributed by atoms with Gasteiger partial charge in [0.05, 0.1) is 6.42 Å². The van der Waals surface area contributed by atoms with Crippen molar-refractivity contribution in [1.29, 1.82) is 0 Å². The van der Waals surface area contributed by atoms with E-state index in [1.165, 1.54) is 0 Å². The normalized spacial score (nSPS) is 21.0. The number of hydrogen-bond acceptors (Lipinski definition) is 4. The van der Waals surface area contributed by atoms with Crippen LogP contribution in [0.3, 0.4) is 0 Å². The van der Waals surface area contributed by atoms with E-state index in [1.54, 1.807) is 24.4 Å². The van der Waals surface area contributed by atoms with Gasteiger partial charge in [0.25, 0.3) is 0 Å². The number of piperidine rings is 1. The highest BCUT2D eigenvalue weighted by Gasteiger charge is 2.34. The van der Waals surface area contributed by atoms with Crippen LogP contribution in [0.4, 0.5) is 5.69 Å². The average Bonchev–Trinajstić information content (AvgIpc) is 3.02. The summed E-state index contributed by atoms with van der Waals surface area (Å²) in [6.45, 7) is 5.72. The highest BCUT2D eigenvalue weighted by atomic mass is 16.4. The number of amides is 1. The first-order chi connectivity index (χ1) is 13.7. The van der Waals surface area contributed by atoms with Gasteiger partial charge in [-0.1, -0.05) is 13.8 Å². The van der Waals surface area contributed by atoms with Gasteiger partial charge in [-0.05, 0) is 36.5 Å². The number of likely N-dealkylation sites (tertiary alicyclic amines) is 1. The van der Waals surface area contributed by atoms with Gasteiger partial charge in [0, 0.05) is 47.9 Å². The maximum atomic E-state index is 12.2. The average molecular weight is 401 g/mol. The van der Waals surface area contributed by atoms with Crippen molar-refractivity contribution in [2.75, 3.05) is 18.4 Å². The molecule has 156 valence electrons. The van der Waals surface area contributed by atoms with Crippen LogP contribution in [0.1, 0.15) is 44.7 Å². The SMILES string of the molecule is CC1CC(C)CN(C(C(=O)O)c2c[nH]c3ccc(NC(=O)CCC(=O)O)cc23)C1. The number of aliphatic carboxylic acids is 2. The minimum atomic E-state index is -1.03. The molecule has 1 fully saturated rings. The third-order valence-corrected chi connectivity index (χ3v) is 5.35. The van der Waals surface area contributed by atoms with E-state index >= 15 is 0 Å². The van der Waals surface area contributed by atoms with E-state index in [0.29, 0.717) is 23.1 Å². The molecule has 8 nitrogen and oxygen atoms in total. The molecule has 2 aromatic rings. The Balaban J connectivity index is 1.88. The Morgan fingerprint density at radius 1 is 1.17 bits per heavy atom. The van der Waals surface area contributed by atoms with Crippen LogP contribution in [-0.2, 0) is 14.4 Å². The van der Waals surface area contributed by atoms with Crippen molar-refractivity contribution in [2.24, 2.45) is 11.8 Å². The summed E-state index contributed by atoms with van der Waals surface area (Å²) in [5.41, 5.74) is 1.96. The highest BCUT2D eigenvalue weighted by Crippen LogP contribution is 2.34. The number of nitrogens with zero attached hydrogens (tertiary/aromatic N) is 1. The number of aromatic nitrogens is 1. The Morgan fingerprint density at radius 3 is 2.48 bits per heavy atom. The van der Waals surface area contributed by atoms with Crippen molar-refractivity contribution in [3.63, 3.8) is 0 Å². The van der Waals surface area contributed by atoms with Crippen LogP contribution >= 0.6 is 0 Å². The summed E-state index contributed by atoms with van der Waals surface area (Å²) in [5, 5.41) is 22.1. The Kier molecular flexibility index (Phi) is 6.22. The van der Waals surface area contributed by atoms with Crippen molar-refractivity contribution in [3.8, 4) is 0 Å². The number of carbonyl (C=O) groups is 3.